The van der Waals surface area contributed by atoms with Gasteiger partial charge in [0.2, 0.25) is 0 Å². The summed E-state index contributed by atoms with van der Waals surface area (Å²) in [5, 5.41) is 0. The lowest BCUT2D eigenvalue weighted by molar-refractivity contribution is 0.0985. The van der Waals surface area contributed by atoms with Crippen LogP contribution in [0.1, 0.15) is 26.5 Å². The Morgan fingerprint density at radius 3 is 2.45 bits per heavy atom. The molecule has 1 aliphatic rings. The van der Waals surface area contributed by atoms with Crippen LogP contribution in [0.2, 0.25) is 0 Å². The zero-order valence-electron chi connectivity index (χ0n) is 17.9. The maximum Gasteiger partial charge on any atom is 0.189 e. The normalized spacial score (nSPS) is 17.5. The molecule has 0 N–H and O–H groups in total. The van der Waals surface area contributed by atoms with Gasteiger partial charge in [0.15, 0.2) is 15.7 Å². The zero-order valence-corrected chi connectivity index (χ0v) is 18.7. The van der Waals surface area contributed by atoms with Gasteiger partial charge in [-0.2, -0.15) is 0 Å². The molecule has 0 aliphatic carbocycles. The van der Waals surface area contributed by atoms with Gasteiger partial charge in [-0.3, -0.25) is 4.98 Å². The van der Waals surface area contributed by atoms with Crippen LogP contribution in [0.15, 0.2) is 65.8 Å². The summed E-state index contributed by atoms with van der Waals surface area (Å²) in [5.41, 5.74) is 1.29. The standard InChI is InChI=1S/C23H26N4O3S/c1-17-16-30-14-13-27(17)21-15-20(25-22(26-21)18-7-5-4-6-8-18)23(2,3)31(28,29)19-9-11-24-12-10-19/h4-12,15,17H,13-14,16H2,1-3H3/t17-/m0/s1. The average Bonchev–Trinajstić information content (AvgIpc) is 2.80. The molecule has 0 unspecified atom stereocenters. The van der Waals surface area contributed by atoms with Gasteiger partial charge >= 0.3 is 0 Å². The summed E-state index contributed by atoms with van der Waals surface area (Å²) in [5.74, 6) is 1.21. The third-order valence-corrected chi connectivity index (χ3v) is 8.10. The van der Waals surface area contributed by atoms with Crippen molar-refractivity contribution in [2.45, 2.75) is 36.5 Å². The van der Waals surface area contributed by atoms with E-state index in [1.54, 1.807) is 19.9 Å². The third-order valence-electron chi connectivity index (χ3n) is 5.66. The maximum atomic E-state index is 13.5. The molecule has 1 aliphatic heterocycles. The van der Waals surface area contributed by atoms with Crippen LogP contribution in [-0.4, -0.2) is 49.2 Å². The number of ether oxygens (including phenoxy) is 1. The lowest BCUT2D eigenvalue weighted by Gasteiger charge is -2.35. The molecule has 1 fully saturated rings. The van der Waals surface area contributed by atoms with E-state index in [4.69, 9.17) is 14.7 Å². The first-order chi connectivity index (χ1) is 14.8. The monoisotopic (exact) mass is 438 g/mol. The van der Waals surface area contributed by atoms with Crippen LogP contribution in [0.25, 0.3) is 11.4 Å². The molecule has 0 bridgehead atoms. The predicted molar refractivity (Wildman–Crippen MR) is 120 cm³/mol. The minimum atomic E-state index is -3.73. The first-order valence-corrected chi connectivity index (χ1v) is 11.7. The van der Waals surface area contributed by atoms with Gasteiger partial charge in [0.05, 0.1) is 29.8 Å². The van der Waals surface area contributed by atoms with Gasteiger partial charge in [-0.05, 0) is 32.9 Å². The molecule has 1 atom stereocenters. The van der Waals surface area contributed by atoms with Gasteiger partial charge in [0.25, 0.3) is 0 Å². The first-order valence-electron chi connectivity index (χ1n) is 10.2. The van der Waals surface area contributed by atoms with Gasteiger partial charge in [0, 0.05) is 30.6 Å². The molecule has 4 rings (SSSR count). The van der Waals surface area contributed by atoms with Crippen LogP contribution >= 0.6 is 0 Å². The Bertz CT molecular complexity index is 1150. The quantitative estimate of drug-likeness (QED) is 0.603. The van der Waals surface area contributed by atoms with E-state index in [0.717, 1.165) is 5.56 Å². The summed E-state index contributed by atoms with van der Waals surface area (Å²) >= 11 is 0. The number of benzene rings is 1. The second-order valence-electron chi connectivity index (χ2n) is 8.12. The Balaban J connectivity index is 1.87. The van der Waals surface area contributed by atoms with Crippen molar-refractivity contribution in [3.8, 4) is 11.4 Å². The van der Waals surface area contributed by atoms with E-state index < -0.39 is 14.6 Å². The van der Waals surface area contributed by atoms with Crippen LogP contribution < -0.4 is 4.90 Å². The minimum Gasteiger partial charge on any atom is -0.377 e. The van der Waals surface area contributed by atoms with Crippen molar-refractivity contribution >= 4 is 15.7 Å². The molecule has 7 nitrogen and oxygen atoms in total. The molecule has 31 heavy (non-hydrogen) atoms. The Hall–Kier alpha value is -2.84. The molecule has 0 radical (unpaired) electrons. The van der Waals surface area contributed by atoms with Crippen LogP contribution in [0.5, 0.6) is 0 Å². The van der Waals surface area contributed by atoms with Gasteiger partial charge in [-0.15, -0.1) is 0 Å². The molecule has 0 spiro atoms. The van der Waals surface area contributed by atoms with Crippen LogP contribution in [0.4, 0.5) is 5.82 Å². The highest BCUT2D eigenvalue weighted by Crippen LogP contribution is 2.36. The van der Waals surface area contributed by atoms with E-state index in [1.165, 1.54) is 24.5 Å². The largest absolute Gasteiger partial charge is 0.377 e. The van der Waals surface area contributed by atoms with Gasteiger partial charge in [-0.1, -0.05) is 30.3 Å². The van der Waals surface area contributed by atoms with Crippen molar-refractivity contribution in [3.05, 3.63) is 66.6 Å². The highest BCUT2D eigenvalue weighted by Gasteiger charge is 2.40. The lowest BCUT2D eigenvalue weighted by atomic mass is 10.1. The van der Waals surface area contributed by atoms with E-state index in [2.05, 4.69) is 16.8 Å². The van der Waals surface area contributed by atoms with Gasteiger partial charge in [0.1, 0.15) is 10.6 Å². The van der Waals surface area contributed by atoms with Crippen molar-refractivity contribution in [1.29, 1.82) is 0 Å². The zero-order chi connectivity index (χ0) is 22.1. The molecular formula is C23H26N4O3S. The average molecular weight is 439 g/mol. The first kappa shape index (κ1) is 21.4. The number of nitrogens with zero attached hydrogens (tertiary/aromatic N) is 4. The number of anilines is 1. The topological polar surface area (TPSA) is 85.3 Å². The number of hydrogen-bond donors (Lipinski definition) is 0. The highest BCUT2D eigenvalue weighted by molar-refractivity contribution is 7.92. The van der Waals surface area contributed by atoms with E-state index >= 15 is 0 Å². The number of pyridine rings is 1. The fourth-order valence-electron chi connectivity index (χ4n) is 3.62. The minimum absolute atomic E-state index is 0.125. The third kappa shape index (κ3) is 4.05. The molecule has 0 saturated carbocycles. The number of rotatable bonds is 5. The highest BCUT2D eigenvalue weighted by atomic mass is 32.2. The Morgan fingerprint density at radius 1 is 1.06 bits per heavy atom. The van der Waals surface area contributed by atoms with Crippen molar-refractivity contribution in [3.63, 3.8) is 0 Å². The second-order valence-corrected chi connectivity index (χ2v) is 10.6. The summed E-state index contributed by atoms with van der Waals surface area (Å²) in [6, 6.07) is 14.6. The maximum absolute atomic E-state index is 13.5. The summed E-state index contributed by atoms with van der Waals surface area (Å²) in [6.07, 6.45) is 2.97. The fraction of sp³-hybridized carbons (Fsp3) is 0.348. The Labute approximate surface area is 183 Å². The molecule has 0 amide bonds. The van der Waals surface area contributed by atoms with Crippen LogP contribution in [0.3, 0.4) is 0 Å². The molecule has 1 aromatic carbocycles. The summed E-state index contributed by atoms with van der Waals surface area (Å²) < 4.78 is 31.4. The number of sulfone groups is 1. The summed E-state index contributed by atoms with van der Waals surface area (Å²) in [6.45, 7) is 7.33. The van der Waals surface area contributed by atoms with Gasteiger partial charge < -0.3 is 9.64 Å². The summed E-state index contributed by atoms with van der Waals surface area (Å²) in [7, 11) is -3.73. The van der Waals surface area contributed by atoms with E-state index in [9.17, 15) is 8.42 Å². The van der Waals surface area contributed by atoms with Gasteiger partial charge in [-0.25, -0.2) is 18.4 Å². The van der Waals surface area contributed by atoms with Crippen molar-refractivity contribution in [1.82, 2.24) is 15.0 Å². The molecule has 1 saturated heterocycles. The van der Waals surface area contributed by atoms with Crippen LogP contribution in [-0.2, 0) is 19.3 Å². The Morgan fingerprint density at radius 2 is 1.77 bits per heavy atom. The van der Waals surface area contributed by atoms with E-state index in [1.807, 2.05) is 30.3 Å². The number of hydrogen-bond acceptors (Lipinski definition) is 7. The van der Waals surface area contributed by atoms with Crippen LogP contribution in [0, 0.1) is 0 Å². The molecule has 162 valence electrons. The second kappa shape index (κ2) is 8.36. The molecule has 3 aromatic rings. The fourth-order valence-corrected chi connectivity index (χ4v) is 5.07. The Kier molecular flexibility index (Phi) is 5.77. The number of morpholine rings is 1. The summed E-state index contributed by atoms with van der Waals surface area (Å²) in [4.78, 5) is 15.8. The van der Waals surface area contributed by atoms with E-state index in [0.29, 0.717) is 37.1 Å². The number of aromatic nitrogens is 3. The predicted octanol–water partition coefficient (Wildman–Crippen LogP) is 3.47. The molecular weight excluding hydrogens is 412 g/mol. The van der Waals surface area contributed by atoms with Crippen molar-refractivity contribution in [2.24, 2.45) is 0 Å². The van der Waals surface area contributed by atoms with E-state index in [-0.39, 0.29) is 10.9 Å². The smallest absolute Gasteiger partial charge is 0.189 e. The van der Waals surface area contributed by atoms with Crippen molar-refractivity contribution < 1.29 is 13.2 Å². The van der Waals surface area contributed by atoms with Crippen molar-refractivity contribution in [2.75, 3.05) is 24.7 Å². The molecule has 8 heteroatoms. The molecule has 3 heterocycles. The SMILES string of the molecule is C[C@H]1COCCN1c1cc(C(C)(C)S(=O)(=O)c2ccncc2)nc(-c2ccccc2)n1. The molecule has 2 aromatic heterocycles. The lowest BCUT2D eigenvalue weighted by Crippen LogP contribution is -2.44.